The number of anilines is 1. The van der Waals surface area contributed by atoms with Crippen LogP contribution in [0.4, 0.5) is 10.1 Å². The summed E-state index contributed by atoms with van der Waals surface area (Å²) in [5, 5.41) is 2.49. The summed E-state index contributed by atoms with van der Waals surface area (Å²) >= 11 is 0. The third kappa shape index (κ3) is 4.29. The van der Waals surface area contributed by atoms with Gasteiger partial charge in [0.05, 0.1) is 11.8 Å². The third-order valence-electron chi connectivity index (χ3n) is 3.32. The number of para-hydroxylation sites is 1. The van der Waals surface area contributed by atoms with Crippen molar-refractivity contribution in [3.05, 3.63) is 30.1 Å². The van der Waals surface area contributed by atoms with Crippen LogP contribution in [-0.2, 0) is 9.53 Å². The molecule has 2 rings (SSSR count). The van der Waals surface area contributed by atoms with Crippen LogP contribution in [0.3, 0.4) is 0 Å². The molecule has 0 aromatic heterocycles. The number of benzene rings is 1. The van der Waals surface area contributed by atoms with Crippen molar-refractivity contribution in [3.63, 3.8) is 0 Å². The van der Waals surface area contributed by atoms with Crippen molar-refractivity contribution >= 4 is 11.6 Å². The molecule has 0 radical (unpaired) electrons. The Labute approximate surface area is 112 Å². The molecule has 0 saturated heterocycles. The van der Waals surface area contributed by atoms with Gasteiger partial charge in [0.15, 0.2) is 0 Å². The van der Waals surface area contributed by atoms with Crippen LogP contribution in [0.15, 0.2) is 24.3 Å². The zero-order chi connectivity index (χ0) is 13.7. The van der Waals surface area contributed by atoms with Crippen LogP contribution in [-0.4, -0.2) is 24.7 Å². The Hall–Kier alpha value is -1.46. The van der Waals surface area contributed by atoms with E-state index in [0.29, 0.717) is 0 Å². The summed E-state index contributed by atoms with van der Waals surface area (Å²) in [6, 6.07) is 6.33. The molecule has 0 heterocycles. The van der Waals surface area contributed by atoms with Gasteiger partial charge in [-0.15, -0.1) is 0 Å². The molecule has 3 N–H and O–H groups in total. The summed E-state index contributed by atoms with van der Waals surface area (Å²) in [6.45, 7) is -0.0474. The zero-order valence-corrected chi connectivity index (χ0v) is 10.8. The largest absolute Gasteiger partial charge is 0.368 e. The first-order valence-corrected chi connectivity index (χ1v) is 6.56. The number of carbonyl (C=O) groups is 1. The molecule has 0 bridgehead atoms. The number of carbonyl (C=O) groups excluding carboxylic acids is 1. The lowest BCUT2D eigenvalue weighted by Gasteiger charge is -2.25. The zero-order valence-electron chi connectivity index (χ0n) is 10.8. The van der Waals surface area contributed by atoms with Gasteiger partial charge >= 0.3 is 0 Å². The van der Waals surface area contributed by atoms with Crippen molar-refractivity contribution in [1.82, 2.24) is 0 Å². The molecule has 1 aromatic rings. The van der Waals surface area contributed by atoms with Gasteiger partial charge in [0.2, 0.25) is 5.91 Å². The van der Waals surface area contributed by atoms with E-state index < -0.39 is 5.82 Å². The maximum Gasteiger partial charge on any atom is 0.250 e. The molecule has 104 valence electrons. The summed E-state index contributed by atoms with van der Waals surface area (Å²) in [5.74, 6) is -0.778. The second-order valence-electron chi connectivity index (χ2n) is 4.88. The fourth-order valence-electron chi connectivity index (χ4n) is 2.20. The van der Waals surface area contributed by atoms with E-state index in [9.17, 15) is 9.18 Å². The number of ether oxygens (including phenoxy) is 1. The number of rotatable bonds is 4. The molecule has 1 aromatic carbocycles. The minimum atomic E-state index is -0.445. The lowest BCUT2D eigenvalue weighted by Crippen LogP contribution is -2.32. The highest BCUT2D eigenvalue weighted by Gasteiger charge is 2.19. The molecule has 1 saturated carbocycles. The van der Waals surface area contributed by atoms with Crippen LogP contribution in [0.1, 0.15) is 25.7 Å². The summed E-state index contributed by atoms with van der Waals surface area (Å²) in [7, 11) is 0. The minimum absolute atomic E-state index is 0.0474. The second-order valence-corrected chi connectivity index (χ2v) is 4.88. The maximum absolute atomic E-state index is 13.3. The van der Waals surface area contributed by atoms with Gasteiger partial charge in [0.1, 0.15) is 12.4 Å². The average Bonchev–Trinajstić information content (AvgIpc) is 2.41. The van der Waals surface area contributed by atoms with Crippen LogP contribution >= 0.6 is 0 Å². The Morgan fingerprint density at radius 2 is 2.00 bits per heavy atom. The summed E-state index contributed by atoms with van der Waals surface area (Å²) in [6.07, 6.45) is 3.72. The molecule has 0 atom stereocenters. The summed E-state index contributed by atoms with van der Waals surface area (Å²) in [5.41, 5.74) is 5.98. The molecule has 0 unspecified atom stereocenters. The smallest absolute Gasteiger partial charge is 0.250 e. The van der Waals surface area contributed by atoms with Crippen LogP contribution in [0.2, 0.25) is 0 Å². The van der Waals surface area contributed by atoms with E-state index in [1.807, 2.05) is 0 Å². The van der Waals surface area contributed by atoms with E-state index in [2.05, 4.69) is 5.32 Å². The number of hydrogen-bond donors (Lipinski definition) is 2. The second kappa shape index (κ2) is 6.63. The number of nitrogens with two attached hydrogens (primary N) is 1. The number of hydrogen-bond acceptors (Lipinski definition) is 3. The van der Waals surface area contributed by atoms with Gasteiger partial charge in [-0.1, -0.05) is 12.1 Å². The van der Waals surface area contributed by atoms with E-state index in [1.54, 1.807) is 12.1 Å². The van der Waals surface area contributed by atoms with E-state index in [0.717, 1.165) is 25.7 Å². The van der Waals surface area contributed by atoms with Crippen LogP contribution in [0, 0.1) is 5.82 Å². The third-order valence-corrected chi connectivity index (χ3v) is 3.32. The van der Waals surface area contributed by atoms with Gasteiger partial charge in [-0.25, -0.2) is 4.39 Å². The van der Waals surface area contributed by atoms with Crippen molar-refractivity contribution in [3.8, 4) is 0 Å². The van der Waals surface area contributed by atoms with Crippen LogP contribution < -0.4 is 11.1 Å². The standard InChI is InChI=1S/C14H19FN2O2/c15-12-3-1-2-4-13(12)17-14(18)9-19-11-7-5-10(16)6-8-11/h1-4,10-11H,5-9,16H2,(H,17,18). The summed E-state index contributed by atoms with van der Waals surface area (Å²) < 4.78 is 18.8. The Morgan fingerprint density at radius 3 is 2.68 bits per heavy atom. The van der Waals surface area contributed by atoms with E-state index in [1.165, 1.54) is 12.1 Å². The highest BCUT2D eigenvalue weighted by atomic mass is 19.1. The Kier molecular flexibility index (Phi) is 4.87. The van der Waals surface area contributed by atoms with E-state index in [4.69, 9.17) is 10.5 Å². The number of nitrogens with one attached hydrogen (secondary N) is 1. The van der Waals surface area contributed by atoms with Crippen molar-refractivity contribution in [2.45, 2.75) is 37.8 Å². The van der Waals surface area contributed by atoms with Gasteiger partial charge in [-0.3, -0.25) is 4.79 Å². The molecular weight excluding hydrogens is 247 g/mol. The first-order valence-electron chi connectivity index (χ1n) is 6.56. The molecule has 1 fully saturated rings. The van der Waals surface area contributed by atoms with Crippen molar-refractivity contribution in [1.29, 1.82) is 0 Å². The monoisotopic (exact) mass is 266 g/mol. The molecule has 5 heteroatoms. The molecular formula is C14H19FN2O2. The molecule has 4 nitrogen and oxygen atoms in total. The molecule has 0 aliphatic heterocycles. The molecule has 1 aliphatic carbocycles. The van der Waals surface area contributed by atoms with Gasteiger partial charge in [-0.2, -0.15) is 0 Å². The lowest BCUT2D eigenvalue weighted by molar-refractivity contribution is -0.123. The minimum Gasteiger partial charge on any atom is -0.368 e. The van der Waals surface area contributed by atoms with Gasteiger partial charge in [0.25, 0.3) is 0 Å². The average molecular weight is 266 g/mol. The van der Waals surface area contributed by atoms with Crippen molar-refractivity contribution in [2.75, 3.05) is 11.9 Å². The number of amides is 1. The first-order chi connectivity index (χ1) is 9.15. The Bertz CT molecular complexity index is 431. The number of halogens is 1. The molecule has 1 amide bonds. The van der Waals surface area contributed by atoms with Crippen molar-refractivity contribution < 1.29 is 13.9 Å². The predicted molar refractivity (Wildman–Crippen MR) is 71.2 cm³/mol. The quantitative estimate of drug-likeness (QED) is 0.876. The Balaban J connectivity index is 1.74. The summed E-state index contributed by atoms with van der Waals surface area (Å²) in [4.78, 5) is 11.6. The highest BCUT2D eigenvalue weighted by Crippen LogP contribution is 2.19. The van der Waals surface area contributed by atoms with Crippen LogP contribution in [0.5, 0.6) is 0 Å². The fraction of sp³-hybridized carbons (Fsp3) is 0.500. The van der Waals surface area contributed by atoms with E-state index in [-0.39, 0.29) is 30.3 Å². The molecule has 1 aliphatic rings. The predicted octanol–water partition coefficient (Wildman–Crippen LogP) is 2.05. The normalized spacial score (nSPS) is 23.1. The Morgan fingerprint density at radius 1 is 1.32 bits per heavy atom. The SMILES string of the molecule is NC1CCC(OCC(=O)Nc2ccccc2F)CC1. The van der Waals surface area contributed by atoms with Gasteiger partial charge in [0, 0.05) is 6.04 Å². The van der Waals surface area contributed by atoms with Gasteiger partial charge in [-0.05, 0) is 37.8 Å². The first kappa shape index (κ1) is 14.0. The molecule has 0 spiro atoms. The van der Waals surface area contributed by atoms with Crippen molar-refractivity contribution in [2.24, 2.45) is 5.73 Å². The lowest BCUT2D eigenvalue weighted by atomic mass is 9.94. The van der Waals surface area contributed by atoms with Crippen LogP contribution in [0.25, 0.3) is 0 Å². The molecule has 19 heavy (non-hydrogen) atoms. The highest BCUT2D eigenvalue weighted by molar-refractivity contribution is 5.91. The maximum atomic E-state index is 13.3. The fourth-order valence-corrected chi connectivity index (χ4v) is 2.20. The van der Waals surface area contributed by atoms with Gasteiger partial charge < -0.3 is 15.8 Å². The van der Waals surface area contributed by atoms with E-state index >= 15 is 0 Å². The topological polar surface area (TPSA) is 64.3 Å².